The average Bonchev–Trinajstić information content (AvgIpc) is 2.78. The largest absolute Gasteiger partial charge is 0.293 e. The van der Waals surface area contributed by atoms with E-state index in [4.69, 9.17) is 0 Å². The first-order valence-electron chi connectivity index (χ1n) is 8.23. The van der Waals surface area contributed by atoms with Crippen molar-refractivity contribution in [1.82, 2.24) is 0 Å². The van der Waals surface area contributed by atoms with Crippen molar-refractivity contribution in [2.45, 2.75) is 45.4 Å². The third-order valence-electron chi connectivity index (χ3n) is 4.69. The molecule has 0 bridgehead atoms. The third kappa shape index (κ3) is 2.42. The van der Waals surface area contributed by atoms with Gasteiger partial charge in [-0.1, -0.05) is 70.2 Å². The number of carbonyl (C=O) groups is 2. The molecule has 118 valence electrons. The van der Waals surface area contributed by atoms with E-state index in [1.807, 2.05) is 18.2 Å². The fourth-order valence-electron chi connectivity index (χ4n) is 3.55. The van der Waals surface area contributed by atoms with Crippen molar-refractivity contribution in [1.29, 1.82) is 0 Å². The quantitative estimate of drug-likeness (QED) is 0.740. The Balaban J connectivity index is 2.24. The van der Waals surface area contributed by atoms with Crippen LogP contribution in [0.3, 0.4) is 0 Å². The van der Waals surface area contributed by atoms with Crippen LogP contribution >= 0.6 is 0 Å². The van der Waals surface area contributed by atoms with Gasteiger partial charge < -0.3 is 0 Å². The van der Waals surface area contributed by atoms with Gasteiger partial charge in [-0.3, -0.25) is 9.59 Å². The van der Waals surface area contributed by atoms with Gasteiger partial charge in [0.2, 0.25) is 0 Å². The molecule has 0 saturated carbocycles. The Hall–Kier alpha value is -2.22. The fourth-order valence-corrected chi connectivity index (χ4v) is 3.55. The molecule has 0 unspecified atom stereocenters. The maximum Gasteiger partial charge on any atom is 0.178 e. The van der Waals surface area contributed by atoms with E-state index in [9.17, 15) is 9.59 Å². The van der Waals surface area contributed by atoms with Crippen LogP contribution in [0.5, 0.6) is 0 Å². The van der Waals surface area contributed by atoms with E-state index in [2.05, 4.69) is 39.8 Å². The molecule has 0 saturated heterocycles. The van der Waals surface area contributed by atoms with Gasteiger partial charge >= 0.3 is 0 Å². The lowest BCUT2D eigenvalue weighted by atomic mass is 9.80. The van der Waals surface area contributed by atoms with Crippen molar-refractivity contribution in [3.05, 3.63) is 70.3 Å². The standard InChI is InChI=1S/C21H22O2/c1-12(2)14-10-7-11-15(13(3)4)18(14)19-20(22)16-8-5-6-9-17(16)21(19)23/h5-13,19H,1-4H3. The second kappa shape index (κ2) is 5.77. The SMILES string of the molecule is CC(C)c1cccc(C(C)C)c1C1C(=O)c2ccccc2C1=O. The number of ketones is 2. The van der Waals surface area contributed by atoms with Gasteiger partial charge in [-0.15, -0.1) is 0 Å². The van der Waals surface area contributed by atoms with Crippen molar-refractivity contribution < 1.29 is 9.59 Å². The Bertz CT molecular complexity index is 723. The maximum atomic E-state index is 12.9. The Morgan fingerprint density at radius 1 is 0.696 bits per heavy atom. The van der Waals surface area contributed by atoms with Gasteiger partial charge in [-0.25, -0.2) is 0 Å². The van der Waals surface area contributed by atoms with Crippen LogP contribution in [0.4, 0.5) is 0 Å². The molecule has 2 nitrogen and oxygen atoms in total. The molecule has 0 radical (unpaired) electrons. The molecule has 0 spiro atoms. The van der Waals surface area contributed by atoms with Crippen molar-refractivity contribution in [2.24, 2.45) is 0 Å². The zero-order valence-corrected chi connectivity index (χ0v) is 14.1. The Labute approximate surface area is 137 Å². The molecule has 0 aliphatic heterocycles. The molecular formula is C21H22O2. The van der Waals surface area contributed by atoms with Gasteiger partial charge in [-0.05, 0) is 28.5 Å². The summed E-state index contributed by atoms with van der Waals surface area (Å²) < 4.78 is 0. The number of rotatable bonds is 3. The van der Waals surface area contributed by atoms with Gasteiger partial charge in [0.25, 0.3) is 0 Å². The minimum atomic E-state index is -0.677. The van der Waals surface area contributed by atoms with Crippen LogP contribution < -0.4 is 0 Å². The first-order chi connectivity index (χ1) is 10.9. The van der Waals surface area contributed by atoms with Crippen molar-refractivity contribution >= 4 is 11.6 Å². The number of hydrogen-bond acceptors (Lipinski definition) is 2. The third-order valence-corrected chi connectivity index (χ3v) is 4.69. The van der Waals surface area contributed by atoms with E-state index < -0.39 is 5.92 Å². The maximum absolute atomic E-state index is 12.9. The highest BCUT2D eigenvalue weighted by Gasteiger charge is 2.41. The molecule has 0 aromatic heterocycles. The number of benzene rings is 2. The number of hydrogen-bond donors (Lipinski definition) is 0. The summed E-state index contributed by atoms with van der Waals surface area (Å²) >= 11 is 0. The molecule has 1 aliphatic rings. The zero-order chi connectivity index (χ0) is 16.7. The summed E-state index contributed by atoms with van der Waals surface area (Å²) in [7, 11) is 0. The Kier molecular flexibility index (Phi) is 3.93. The minimum Gasteiger partial charge on any atom is -0.293 e. The summed E-state index contributed by atoms with van der Waals surface area (Å²) in [4.78, 5) is 25.9. The van der Waals surface area contributed by atoms with Crippen LogP contribution in [0.2, 0.25) is 0 Å². The van der Waals surface area contributed by atoms with Crippen LogP contribution in [0, 0.1) is 0 Å². The lowest BCUT2D eigenvalue weighted by Gasteiger charge is -2.22. The highest BCUT2D eigenvalue weighted by molar-refractivity contribution is 6.30. The monoisotopic (exact) mass is 306 g/mol. The van der Waals surface area contributed by atoms with E-state index in [0.29, 0.717) is 11.1 Å². The van der Waals surface area contributed by atoms with E-state index in [1.54, 1.807) is 12.1 Å². The predicted octanol–water partition coefficient (Wildman–Crippen LogP) is 5.10. The molecule has 1 aliphatic carbocycles. The lowest BCUT2D eigenvalue weighted by molar-refractivity contribution is 0.0889. The second-order valence-electron chi connectivity index (χ2n) is 6.87. The summed E-state index contributed by atoms with van der Waals surface area (Å²) in [5.41, 5.74) is 4.28. The number of Topliss-reactive ketones (excluding diaryl/α,β-unsaturated/α-hetero) is 2. The van der Waals surface area contributed by atoms with E-state index in [-0.39, 0.29) is 23.4 Å². The summed E-state index contributed by atoms with van der Waals surface area (Å²) in [6.45, 7) is 8.44. The average molecular weight is 306 g/mol. The van der Waals surface area contributed by atoms with E-state index in [1.165, 1.54) is 0 Å². The minimum absolute atomic E-state index is 0.0550. The normalized spacial score (nSPS) is 14.9. The molecule has 2 aromatic rings. The molecule has 3 rings (SSSR count). The summed E-state index contributed by atoms with van der Waals surface area (Å²) in [6.07, 6.45) is 0. The zero-order valence-electron chi connectivity index (χ0n) is 14.1. The van der Waals surface area contributed by atoms with Crippen LogP contribution in [-0.2, 0) is 0 Å². The van der Waals surface area contributed by atoms with Crippen LogP contribution in [0.1, 0.15) is 82.9 Å². The molecule has 0 fully saturated rings. The Morgan fingerprint density at radius 2 is 1.13 bits per heavy atom. The van der Waals surface area contributed by atoms with Crippen LogP contribution in [0.25, 0.3) is 0 Å². The molecule has 2 aromatic carbocycles. The van der Waals surface area contributed by atoms with Gasteiger partial charge in [0, 0.05) is 11.1 Å². The van der Waals surface area contributed by atoms with Crippen molar-refractivity contribution in [2.75, 3.05) is 0 Å². The molecule has 0 atom stereocenters. The molecule has 23 heavy (non-hydrogen) atoms. The number of carbonyl (C=O) groups excluding carboxylic acids is 2. The lowest BCUT2D eigenvalue weighted by Crippen LogP contribution is -2.18. The van der Waals surface area contributed by atoms with Gasteiger partial charge in [-0.2, -0.15) is 0 Å². The highest BCUT2D eigenvalue weighted by atomic mass is 16.2. The van der Waals surface area contributed by atoms with Gasteiger partial charge in [0.1, 0.15) is 5.92 Å². The van der Waals surface area contributed by atoms with Crippen LogP contribution in [0.15, 0.2) is 42.5 Å². The summed E-state index contributed by atoms with van der Waals surface area (Å²) in [5, 5.41) is 0. The van der Waals surface area contributed by atoms with Crippen molar-refractivity contribution in [3.8, 4) is 0 Å². The summed E-state index contributed by atoms with van der Waals surface area (Å²) in [5.74, 6) is -0.245. The smallest absolute Gasteiger partial charge is 0.178 e. The highest BCUT2D eigenvalue weighted by Crippen LogP contribution is 2.40. The number of fused-ring (bicyclic) bond motifs is 1. The molecule has 2 heteroatoms. The molecule has 0 amide bonds. The Morgan fingerprint density at radius 3 is 1.52 bits per heavy atom. The van der Waals surface area contributed by atoms with E-state index >= 15 is 0 Å². The van der Waals surface area contributed by atoms with Crippen LogP contribution in [-0.4, -0.2) is 11.6 Å². The topological polar surface area (TPSA) is 34.1 Å². The fraction of sp³-hybridized carbons (Fsp3) is 0.333. The van der Waals surface area contributed by atoms with Gasteiger partial charge in [0.05, 0.1) is 0 Å². The first kappa shape index (κ1) is 15.7. The second-order valence-corrected chi connectivity index (χ2v) is 6.87. The van der Waals surface area contributed by atoms with Crippen molar-refractivity contribution in [3.63, 3.8) is 0 Å². The van der Waals surface area contributed by atoms with E-state index in [0.717, 1.165) is 16.7 Å². The molecule has 0 heterocycles. The first-order valence-corrected chi connectivity index (χ1v) is 8.23. The molecule has 0 N–H and O–H groups in total. The molecular weight excluding hydrogens is 284 g/mol. The summed E-state index contributed by atoms with van der Waals surface area (Å²) in [6, 6.07) is 13.3. The predicted molar refractivity (Wildman–Crippen MR) is 92.5 cm³/mol. The van der Waals surface area contributed by atoms with Gasteiger partial charge in [0.15, 0.2) is 11.6 Å².